The average molecular weight is 243 g/mol. The van der Waals surface area contributed by atoms with Gasteiger partial charge in [-0.05, 0) is 43.1 Å². The molecule has 0 saturated heterocycles. The predicted octanol–water partition coefficient (Wildman–Crippen LogP) is 2.78. The molecule has 3 rings (SSSR count). The molecule has 0 spiro atoms. The molecule has 0 aliphatic heterocycles. The van der Waals surface area contributed by atoms with Crippen LogP contribution in [0.4, 0.5) is 0 Å². The number of rotatable bonds is 4. The van der Waals surface area contributed by atoms with Crippen molar-refractivity contribution >= 4 is 5.91 Å². The first kappa shape index (κ1) is 11.8. The van der Waals surface area contributed by atoms with Crippen LogP contribution in [-0.2, 0) is 11.2 Å². The van der Waals surface area contributed by atoms with E-state index in [-0.39, 0.29) is 0 Å². The maximum atomic E-state index is 12.1. The number of carbonyl (C=O) groups excluding carboxylic acids is 1. The number of hydrogen-bond donors (Lipinski definition) is 1. The van der Waals surface area contributed by atoms with Crippen molar-refractivity contribution < 1.29 is 4.79 Å². The van der Waals surface area contributed by atoms with Crippen LogP contribution in [0.3, 0.4) is 0 Å². The summed E-state index contributed by atoms with van der Waals surface area (Å²) in [4.78, 5) is 12.1. The van der Waals surface area contributed by atoms with Gasteiger partial charge in [0.2, 0.25) is 5.91 Å². The number of fused-ring (bicyclic) bond motifs is 2. The molecule has 1 N–H and O–H groups in total. The normalized spacial score (nSPS) is 29.4. The first-order valence-electron chi connectivity index (χ1n) is 7.14. The summed E-state index contributed by atoms with van der Waals surface area (Å²) in [5.41, 5.74) is 1.30. The lowest BCUT2D eigenvalue weighted by Gasteiger charge is -2.20. The van der Waals surface area contributed by atoms with Crippen LogP contribution in [0.2, 0.25) is 0 Å². The van der Waals surface area contributed by atoms with Gasteiger partial charge in [-0.1, -0.05) is 36.8 Å². The van der Waals surface area contributed by atoms with E-state index in [2.05, 4.69) is 17.4 Å². The van der Waals surface area contributed by atoms with E-state index < -0.39 is 0 Å². The molecule has 0 radical (unpaired) electrons. The van der Waals surface area contributed by atoms with Crippen LogP contribution in [0.1, 0.15) is 31.2 Å². The number of amides is 1. The van der Waals surface area contributed by atoms with E-state index in [0.717, 1.165) is 25.3 Å². The van der Waals surface area contributed by atoms with Crippen LogP contribution in [0.15, 0.2) is 30.3 Å². The highest BCUT2D eigenvalue weighted by molar-refractivity contribution is 5.79. The molecule has 2 saturated carbocycles. The smallest absolute Gasteiger partial charge is 0.223 e. The Labute approximate surface area is 109 Å². The summed E-state index contributed by atoms with van der Waals surface area (Å²) < 4.78 is 0. The minimum absolute atomic E-state index is 0.304. The van der Waals surface area contributed by atoms with Gasteiger partial charge in [-0.2, -0.15) is 0 Å². The topological polar surface area (TPSA) is 29.1 Å². The average Bonchev–Trinajstić information content (AvgIpc) is 3.02. The molecular weight excluding hydrogens is 222 g/mol. The third kappa shape index (κ3) is 2.43. The zero-order valence-corrected chi connectivity index (χ0v) is 10.8. The van der Waals surface area contributed by atoms with Crippen molar-refractivity contribution in [2.24, 2.45) is 17.8 Å². The van der Waals surface area contributed by atoms with Gasteiger partial charge in [-0.3, -0.25) is 4.79 Å². The van der Waals surface area contributed by atoms with Gasteiger partial charge in [0.25, 0.3) is 0 Å². The van der Waals surface area contributed by atoms with Gasteiger partial charge in [-0.25, -0.2) is 0 Å². The molecular formula is C16H21NO. The number of benzene rings is 1. The van der Waals surface area contributed by atoms with Crippen LogP contribution in [0.25, 0.3) is 0 Å². The minimum Gasteiger partial charge on any atom is -0.356 e. The molecule has 2 aliphatic carbocycles. The molecule has 1 aromatic carbocycles. The first-order chi connectivity index (χ1) is 8.83. The molecule has 0 unspecified atom stereocenters. The molecule has 18 heavy (non-hydrogen) atoms. The second kappa shape index (κ2) is 5.13. The Balaban J connectivity index is 1.45. The van der Waals surface area contributed by atoms with E-state index in [1.54, 1.807) is 0 Å². The molecule has 2 fully saturated rings. The molecule has 0 aromatic heterocycles. The van der Waals surface area contributed by atoms with Crippen molar-refractivity contribution in [3.05, 3.63) is 35.9 Å². The van der Waals surface area contributed by atoms with Gasteiger partial charge < -0.3 is 5.32 Å². The summed E-state index contributed by atoms with van der Waals surface area (Å²) in [6, 6.07) is 10.4. The zero-order valence-electron chi connectivity index (χ0n) is 10.8. The number of hydrogen-bond acceptors (Lipinski definition) is 1. The molecule has 2 heteroatoms. The highest BCUT2D eigenvalue weighted by atomic mass is 16.1. The predicted molar refractivity (Wildman–Crippen MR) is 72.1 cm³/mol. The van der Waals surface area contributed by atoms with Crippen LogP contribution < -0.4 is 5.32 Å². The number of nitrogens with one attached hydrogen (secondary N) is 1. The van der Waals surface area contributed by atoms with E-state index in [9.17, 15) is 4.79 Å². The summed E-state index contributed by atoms with van der Waals surface area (Å²) in [6.07, 6.45) is 6.02. The fraction of sp³-hybridized carbons (Fsp3) is 0.562. The van der Waals surface area contributed by atoms with E-state index in [0.29, 0.717) is 17.7 Å². The SMILES string of the molecule is O=C(NCCc1ccccc1)[C@@H]1C[C@H]2CC[C@@H]1C2. The maximum absolute atomic E-state index is 12.1. The molecule has 2 aliphatic rings. The van der Waals surface area contributed by atoms with Gasteiger partial charge in [0.1, 0.15) is 0 Å². The molecule has 3 atom stereocenters. The Morgan fingerprint density at radius 2 is 2.00 bits per heavy atom. The van der Waals surface area contributed by atoms with E-state index in [4.69, 9.17) is 0 Å². The minimum atomic E-state index is 0.304. The summed E-state index contributed by atoms with van der Waals surface area (Å²) in [5, 5.41) is 3.12. The second-order valence-electron chi connectivity index (χ2n) is 5.81. The maximum Gasteiger partial charge on any atom is 0.223 e. The highest BCUT2D eigenvalue weighted by Gasteiger charge is 2.42. The lowest BCUT2D eigenvalue weighted by Crippen LogP contribution is -2.34. The molecule has 2 nitrogen and oxygen atoms in total. The number of carbonyl (C=O) groups is 1. The lowest BCUT2D eigenvalue weighted by atomic mass is 9.88. The van der Waals surface area contributed by atoms with Crippen LogP contribution >= 0.6 is 0 Å². The standard InChI is InChI=1S/C16H21NO/c18-16(15-11-13-6-7-14(15)10-13)17-9-8-12-4-2-1-3-5-12/h1-5,13-15H,6-11H2,(H,17,18)/t13-,14+,15+/m0/s1. The third-order valence-electron chi connectivity index (χ3n) is 4.63. The van der Waals surface area contributed by atoms with Gasteiger partial charge >= 0.3 is 0 Å². The van der Waals surface area contributed by atoms with Crippen molar-refractivity contribution in [2.45, 2.75) is 32.1 Å². The quantitative estimate of drug-likeness (QED) is 0.865. The van der Waals surface area contributed by atoms with Gasteiger partial charge in [0, 0.05) is 12.5 Å². The highest BCUT2D eigenvalue weighted by Crippen LogP contribution is 2.48. The summed E-state index contributed by atoms with van der Waals surface area (Å²) in [5.74, 6) is 2.16. The summed E-state index contributed by atoms with van der Waals surface area (Å²) >= 11 is 0. The fourth-order valence-corrected chi connectivity index (χ4v) is 3.67. The lowest BCUT2D eigenvalue weighted by molar-refractivity contribution is -0.126. The Hall–Kier alpha value is -1.31. The first-order valence-corrected chi connectivity index (χ1v) is 7.14. The Kier molecular flexibility index (Phi) is 3.35. The molecule has 0 heterocycles. The van der Waals surface area contributed by atoms with Crippen molar-refractivity contribution in [1.82, 2.24) is 5.32 Å². The Bertz CT molecular complexity index is 414. The van der Waals surface area contributed by atoms with Crippen LogP contribution in [0, 0.1) is 17.8 Å². The zero-order chi connectivity index (χ0) is 12.4. The summed E-state index contributed by atoms with van der Waals surface area (Å²) in [7, 11) is 0. The Morgan fingerprint density at radius 1 is 1.17 bits per heavy atom. The van der Waals surface area contributed by atoms with Crippen molar-refractivity contribution in [1.29, 1.82) is 0 Å². The van der Waals surface area contributed by atoms with E-state index in [1.165, 1.54) is 24.8 Å². The van der Waals surface area contributed by atoms with Gasteiger partial charge in [0.15, 0.2) is 0 Å². The Morgan fingerprint density at radius 3 is 2.67 bits per heavy atom. The third-order valence-corrected chi connectivity index (χ3v) is 4.63. The van der Waals surface area contributed by atoms with Gasteiger partial charge in [-0.15, -0.1) is 0 Å². The van der Waals surface area contributed by atoms with Crippen molar-refractivity contribution in [3.8, 4) is 0 Å². The molecule has 2 bridgehead atoms. The van der Waals surface area contributed by atoms with Crippen molar-refractivity contribution in [3.63, 3.8) is 0 Å². The second-order valence-corrected chi connectivity index (χ2v) is 5.81. The van der Waals surface area contributed by atoms with E-state index >= 15 is 0 Å². The molecule has 1 amide bonds. The van der Waals surface area contributed by atoms with E-state index in [1.807, 2.05) is 18.2 Å². The monoisotopic (exact) mass is 243 g/mol. The van der Waals surface area contributed by atoms with Gasteiger partial charge in [0.05, 0.1) is 0 Å². The fourth-order valence-electron chi connectivity index (χ4n) is 3.67. The molecule has 96 valence electrons. The van der Waals surface area contributed by atoms with Crippen molar-refractivity contribution in [2.75, 3.05) is 6.54 Å². The van der Waals surface area contributed by atoms with Crippen LogP contribution in [0.5, 0.6) is 0 Å². The van der Waals surface area contributed by atoms with Crippen LogP contribution in [-0.4, -0.2) is 12.5 Å². The summed E-state index contributed by atoms with van der Waals surface area (Å²) in [6.45, 7) is 0.775. The largest absolute Gasteiger partial charge is 0.356 e. The molecule has 1 aromatic rings.